The summed E-state index contributed by atoms with van der Waals surface area (Å²) in [5.74, 6) is 5.99. The first-order valence-corrected chi connectivity index (χ1v) is 7.37. The van der Waals surface area contributed by atoms with Crippen molar-refractivity contribution in [2.75, 3.05) is 13.2 Å². The normalized spacial score (nSPS) is 15.8. The molecule has 3 nitrogen and oxygen atoms in total. The summed E-state index contributed by atoms with van der Waals surface area (Å²) in [5, 5.41) is 11.7. The molecule has 1 fully saturated rings. The molecule has 1 heterocycles. The van der Waals surface area contributed by atoms with Crippen LogP contribution in [0.5, 0.6) is 0 Å². The topological polar surface area (TPSA) is 49.3 Å². The molecule has 1 amide bonds. The minimum absolute atomic E-state index is 0.0195. The molecule has 0 atom stereocenters. The van der Waals surface area contributed by atoms with Gasteiger partial charge in [-0.25, -0.2) is 0 Å². The first-order valence-electron chi connectivity index (χ1n) is 6.55. The van der Waals surface area contributed by atoms with Gasteiger partial charge in [0.25, 0.3) is 5.91 Å². The fourth-order valence-electron chi connectivity index (χ4n) is 2.12. The number of hydrogen-bond acceptors (Lipinski definition) is 3. The van der Waals surface area contributed by atoms with Crippen LogP contribution in [0.25, 0.3) is 0 Å². The van der Waals surface area contributed by atoms with Crippen molar-refractivity contribution >= 4 is 17.2 Å². The van der Waals surface area contributed by atoms with Gasteiger partial charge in [0.15, 0.2) is 0 Å². The lowest BCUT2D eigenvalue weighted by molar-refractivity contribution is 0.0944. The van der Waals surface area contributed by atoms with E-state index in [1.165, 1.54) is 24.2 Å². The third kappa shape index (κ3) is 3.37. The maximum atomic E-state index is 12.0. The average Bonchev–Trinajstić information content (AvgIpc) is 3.05. The molecule has 1 aliphatic rings. The predicted molar refractivity (Wildman–Crippen MR) is 77.1 cm³/mol. The molecule has 1 aliphatic carbocycles. The Kier molecular flexibility index (Phi) is 4.28. The van der Waals surface area contributed by atoms with E-state index in [1.54, 1.807) is 6.07 Å². The molecule has 1 saturated carbocycles. The van der Waals surface area contributed by atoms with Gasteiger partial charge in [0.2, 0.25) is 0 Å². The van der Waals surface area contributed by atoms with Crippen LogP contribution in [0, 0.1) is 23.2 Å². The number of carbonyl (C=O) groups excluding carboxylic acids is 1. The summed E-state index contributed by atoms with van der Waals surface area (Å²) in [7, 11) is 0. The van der Waals surface area contributed by atoms with E-state index < -0.39 is 0 Å². The molecule has 102 valence electrons. The van der Waals surface area contributed by atoms with Crippen LogP contribution in [0.3, 0.4) is 0 Å². The molecule has 2 N–H and O–H groups in total. The van der Waals surface area contributed by atoms with E-state index in [1.807, 2.05) is 6.07 Å². The summed E-state index contributed by atoms with van der Waals surface area (Å²) in [6.45, 7) is 5.04. The van der Waals surface area contributed by atoms with Crippen molar-refractivity contribution < 1.29 is 9.90 Å². The number of hydrogen-bond donors (Lipinski definition) is 2. The molecular formula is C15H19NO2S. The highest BCUT2D eigenvalue weighted by Gasteiger charge is 2.45. The van der Waals surface area contributed by atoms with Gasteiger partial charge in [-0.3, -0.25) is 4.79 Å². The number of nitrogens with one attached hydrogen (secondary N) is 1. The fraction of sp³-hybridized carbons (Fsp3) is 0.533. The Morgan fingerprint density at radius 3 is 2.84 bits per heavy atom. The number of aliphatic hydroxyl groups is 1. The Morgan fingerprint density at radius 2 is 2.26 bits per heavy atom. The quantitative estimate of drug-likeness (QED) is 0.829. The Morgan fingerprint density at radius 1 is 1.53 bits per heavy atom. The second-order valence-electron chi connectivity index (χ2n) is 5.32. The lowest BCUT2D eigenvalue weighted by Crippen LogP contribution is -2.32. The third-order valence-corrected chi connectivity index (χ3v) is 4.84. The van der Waals surface area contributed by atoms with Gasteiger partial charge in [0, 0.05) is 6.54 Å². The Bertz CT molecular complexity index is 518. The van der Waals surface area contributed by atoms with Crippen molar-refractivity contribution in [2.45, 2.75) is 26.7 Å². The second kappa shape index (κ2) is 5.77. The highest BCUT2D eigenvalue weighted by Crippen LogP contribution is 2.51. The zero-order valence-corrected chi connectivity index (χ0v) is 12.1. The lowest BCUT2D eigenvalue weighted by atomic mass is 9.92. The first kappa shape index (κ1) is 14.1. The summed E-state index contributed by atoms with van der Waals surface area (Å²) < 4.78 is 0. The van der Waals surface area contributed by atoms with Crippen LogP contribution < -0.4 is 5.32 Å². The standard InChI is InChI=1S/C15H19NO2S/c1-11(2)15(7-8-15)10-16-14(18)13-6-5-12(19-13)4-3-9-17/h5-6,11,17H,7-10H2,1-2H3,(H,16,18). The van der Waals surface area contributed by atoms with Gasteiger partial charge in [-0.2, -0.15) is 0 Å². The smallest absolute Gasteiger partial charge is 0.261 e. The van der Waals surface area contributed by atoms with Crippen LogP contribution >= 0.6 is 11.3 Å². The molecule has 4 heteroatoms. The number of carbonyl (C=O) groups is 1. The van der Waals surface area contributed by atoms with E-state index in [9.17, 15) is 4.79 Å². The number of rotatable bonds is 4. The predicted octanol–water partition coefficient (Wildman–Crippen LogP) is 2.26. The molecule has 1 aromatic heterocycles. The molecule has 0 radical (unpaired) electrons. The maximum Gasteiger partial charge on any atom is 0.261 e. The summed E-state index contributed by atoms with van der Waals surface area (Å²) in [4.78, 5) is 13.5. The minimum Gasteiger partial charge on any atom is -0.384 e. The summed E-state index contributed by atoms with van der Waals surface area (Å²) in [6.07, 6.45) is 2.42. The first-order chi connectivity index (χ1) is 9.07. The minimum atomic E-state index is -0.156. The molecule has 1 aromatic rings. The van der Waals surface area contributed by atoms with Gasteiger partial charge < -0.3 is 10.4 Å². The number of thiophene rings is 1. The average molecular weight is 277 g/mol. The van der Waals surface area contributed by atoms with Gasteiger partial charge in [-0.1, -0.05) is 25.7 Å². The van der Waals surface area contributed by atoms with Gasteiger partial charge in [-0.05, 0) is 36.3 Å². The van der Waals surface area contributed by atoms with E-state index >= 15 is 0 Å². The molecule has 19 heavy (non-hydrogen) atoms. The van der Waals surface area contributed by atoms with Gasteiger partial charge in [0.05, 0.1) is 9.75 Å². The van der Waals surface area contributed by atoms with E-state index in [2.05, 4.69) is 31.0 Å². The monoisotopic (exact) mass is 277 g/mol. The van der Waals surface area contributed by atoms with Crippen LogP contribution in [0.1, 0.15) is 41.2 Å². The fourth-order valence-corrected chi connectivity index (χ4v) is 2.91. The van der Waals surface area contributed by atoms with Crippen molar-refractivity contribution in [3.05, 3.63) is 21.9 Å². The zero-order valence-electron chi connectivity index (χ0n) is 11.3. The van der Waals surface area contributed by atoms with E-state index in [4.69, 9.17) is 5.11 Å². The lowest BCUT2D eigenvalue weighted by Gasteiger charge is -2.19. The molecule has 0 spiro atoms. The highest BCUT2D eigenvalue weighted by molar-refractivity contribution is 7.14. The maximum absolute atomic E-state index is 12.0. The van der Waals surface area contributed by atoms with Crippen LogP contribution in [0.2, 0.25) is 0 Å². The molecule has 0 aliphatic heterocycles. The zero-order chi connectivity index (χ0) is 13.9. The van der Waals surface area contributed by atoms with E-state index in [-0.39, 0.29) is 12.5 Å². The van der Waals surface area contributed by atoms with Crippen molar-refractivity contribution in [1.82, 2.24) is 5.32 Å². The highest BCUT2D eigenvalue weighted by atomic mass is 32.1. The van der Waals surface area contributed by atoms with Crippen LogP contribution in [-0.2, 0) is 0 Å². The Labute approximate surface area is 118 Å². The van der Waals surface area contributed by atoms with Crippen molar-refractivity contribution in [3.63, 3.8) is 0 Å². The molecule has 0 aromatic carbocycles. The SMILES string of the molecule is CC(C)C1(CNC(=O)c2ccc(C#CCO)s2)CC1. The Balaban J connectivity index is 1.91. The van der Waals surface area contributed by atoms with E-state index in [0.717, 1.165) is 11.4 Å². The molecule has 0 bridgehead atoms. The number of amides is 1. The van der Waals surface area contributed by atoms with Gasteiger partial charge in [-0.15, -0.1) is 11.3 Å². The van der Waals surface area contributed by atoms with Crippen molar-refractivity contribution in [3.8, 4) is 11.8 Å². The van der Waals surface area contributed by atoms with Crippen molar-refractivity contribution in [1.29, 1.82) is 0 Å². The summed E-state index contributed by atoms with van der Waals surface area (Å²) in [6, 6.07) is 3.61. The Hall–Kier alpha value is -1.31. The second-order valence-corrected chi connectivity index (χ2v) is 6.41. The molecular weight excluding hydrogens is 258 g/mol. The van der Waals surface area contributed by atoms with Gasteiger partial charge >= 0.3 is 0 Å². The largest absolute Gasteiger partial charge is 0.384 e. The van der Waals surface area contributed by atoms with Crippen LogP contribution in [0.15, 0.2) is 12.1 Å². The van der Waals surface area contributed by atoms with Crippen molar-refractivity contribution in [2.24, 2.45) is 11.3 Å². The molecule has 0 unspecified atom stereocenters. The molecule has 2 rings (SSSR count). The van der Waals surface area contributed by atoms with Crippen LogP contribution in [0.4, 0.5) is 0 Å². The summed E-state index contributed by atoms with van der Waals surface area (Å²) >= 11 is 1.36. The van der Waals surface area contributed by atoms with Gasteiger partial charge in [0.1, 0.15) is 6.61 Å². The summed E-state index contributed by atoms with van der Waals surface area (Å²) in [5.41, 5.74) is 0.326. The number of aliphatic hydroxyl groups excluding tert-OH is 1. The third-order valence-electron chi connectivity index (χ3n) is 3.84. The van der Waals surface area contributed by atoms with Crippen LogP contribution in [-0.4, -0.2) is 24.2 Å². The van der Waals surface area contributed by atoms with E-state index in [0.29, 0.717) is 16.2 Å². The molecule has 0 saturated heterocycles.